The zero-order valence-corrected chi connectivity index (χ0v) is 35.3. The summed E-state index contributed by atoms with van der Waals surface area (Å²) in [6.07, 6.45) is 21.7. The molecule has 6 heteroatoms. The Kier molecular flexibility index (Phi) is 23.1. The second-order valence-corrected chi connectivity index (χ2v) is 17.1. The number of carbonyl (C=O) groups excluding carboxylic acids is 2. The van der Waals surface area contributed by atoms with Crippen LogP contribution >= 0.6 is 51.1 Å². The van der Waals surface area contributed by atoms with Gasteiger partial charge in [-0.1, -0.05) is 131 Å². The fourth-order valence-corrected chi connectivity index (χ4v) is 8.01. The van der Waals surface area contributed by atoms with Crippen LogP contribution in [0.25, 0.3) is 0 Å². The molecular formula is C46H58BrClO2S2. The summed E-state index contributed by atoms with van der Waals surface area (Å²) in [5.41, 5.74) is 2.88. The lowest BCUT2D eigenvalue weighted by atomic mass is 10.0. The number of unbranched alkanes of at least 4 members (excludes halogenated alkanes) is 14. The van der Waals surface area contributed by atoms with E-state index in [2.05, 4.69) is 54.0 Å². The van der Waals surface area contributed by atoms with Gasteiger partial charge >= 0.3 is 0 Å². The lowest BCUT2D eigenvalue weighted by molar-refractivity contribution is 0.103. The molecule has 0 aliphatic heterocycles. The highest BCUT2D eigenvalue weighted by Crippen LogP contribution is 2.24. The Morgan fingerprint density at radius 3 is 1.08 bits per heavy atom. The molecule has 52 heavy (non-hydrogen) atoms. The van der Waals surface area contributed by atoms with E-state index in [1.54, 1.807) is 24.3 Å². The van der Waals surface area contributed by atoms with Crippen LogP contribution in [0.3, 0.4) is 0 Å². The van der Waals surface area contributed by atoms with E-state index in [0.717, 1.165) is 32.7 Å². The lowest BCUT2D eigenvalue weighted by Gasteiger charge is -2.05. The predicted molar refractivity (Wildman–Crippen MR) is 232 cm³/mol. The number of halogens is 2. The Balaban J connectivity index is 0.000000284. The number of hydrogen-bond acceptors (Lipinski definition) is 4. The first-order valence-corrected chi connectivity index (χ1v) is 22.6. The topological polar surface area (TPSA) is 34.1 Å². The predicted octanol–water partition coefficient (Wildman–Crippen LogP) is 15.7. The first-order valence-electron chi connectivity index (χ1n) is 19.5. The highest BCUT2D eigenvalue weighted by molar-refractivity contribution is 9.10. The third-order valence-corrected chi connectivity index (χ3v) is 12.0. The van der Waals surface area contributed by atoms with E-state index in [1.807, 2.05) is 72.1 Å². The molecular weight excluding hydrogens is 764 g/mol. The summed E-state index contributed by atoms with van der Waals surface area (Å²) in [5.74, 6) is 2.44. The fourth-order valence-electron chi connectivity index (χ4n) is 5.79. The van der Waals surface area contributed by atoms with Gasteiger partial charge in [0.2, 0.25) is 0 Å². The molecule has 4 rings (SSSR count). The third-order valence-electron chi connectivity index (χ3n) is 8.98. The minimum absolute atomic E-state index is 0.0444. The van der Waals surface area contributed by atoms with Gasteiger partial charge in [0.15, 0.2) is 11.6 Å². The van der Waals surface area contributed by atoms with Crippen LogP contribution in [-0.2, 0) is 0 Å². The van der Waals surface area contributed by atoms with Crippen molar-refractivity contribution >= 4 is 62.6 Å². The maximum absolute atomic E-state index is 12.5. The van der Waals surface area contributed by atoms with Gasteiger partial charge in [0.25, 0.3) is 0 Å². The molecule has 280 valence electrons. The second-order valence-electron chi connectivity index (χ2n) is 13.4. The number of carbonyl (C=O) groups is 2. The molecule has 0 unspecified atom stereocenters. The van der Waals surface area contributed by atoms with E-state index in [0.29, 0.717) is 10.6 Å². The number of rotatable bonds is 24. The van der Waals surface area contributed by atoms with Crippen LogP contribution in [0.2, 0.25) is 5.02 Å². The van der Waals surface area contributed by atoms with E-state index in [-0.39, 0.29) is 11.6 Å². The van der Waals surface area contributed by atoms with Gasteiger partial charge in [-0.3, -0.25) is 9.59 Å². The first kappa shape index (κ1) is 44.1. The first-order chi connectivity index (χ1) is 25.4. The molecule has 0 aliphatic carbocycles. The average Bonchev–Trinajstić information content (AvgIpc) is 3.17. The van der Waals surface area contributed by atoms with Crippen LogP contribution in [0.4, 0.5) is 0 Å². The van der Waals surface area contributed by atoms with E-state index in [4.69, 9.17) is 11.6 Å². The SMILES string of the molecule is CCCCCCCCCCCCSc1ccc(C(=O)c2ccc(Cl)cc2)cc1.CCCCCCCCSc1ccc(C(=O)c2ccc(Br)cc2)cc1. The maximum atomic E-state index is 12.5. The monoisotopic (exact) mass is 820 g/mol. The van der Waals surface area contributed by atoms with Crippen molar-refractivity contribution in [2.75, 3.05) is 11.5 Å². The zero-order chi connectivity index (χ0) is 37.2. The van der Waals surface area contributed by atoms with Gasteiger partial charge in [-0.2, -0.15) is 0 Å². The summed E-state index contributed by atoms with van der Waals surface area (Å²) < 4.78 is 0.987. The van der Waals surface area contributed by atoms with Crippen molar-refractivity contribution < 1.29 is 9.59 Å². The standard InChI is InChI=1S/C25H33ClOS.C21H25BrOS/c1-2-3-4-5-6-7-8-9-10-11-20-28-24-18-14-22(15-19-24)25(27)21-12-16-23(26)17-13-21;1-2-3-4-5-6-7-16-24-20-14-10-18(11-15-20)21(23)17-8-12-19(22)13-9-17/h12-19H,2-11,20H2,1H3;8-15H,2-7,16H2,1H3. The summed E-state index contributed by atoms with van der Waals surface area (Å²) in [6.45, 7) is 4.52. The Bertz CT molecular complexity index is 1540. The van der Waals surface area contributed by atoms with E-state index in [9.17, 15) is 9.59 Å². The van der Waals surface area contributed by atoms with E-state index < -0.39 is 0 Å². The summed E-state index contributed by atoms with van der Waals surface area (Å²) in [5, 5.41) is 0.648. The molecule has 4 aromatic carbocycles. The van der Waals surface area contributed by atoms with Crippen molar-refractivity contribution in [1.82, 2.24) is 0 Å². The molecule has 0 fully saturated rings. The molecule has 0 saturated carbocycles. The van der Waals surface area contributed by atoms with Gasteiger partial charge in [-0.05, 0) is 121 Å². The van der Waals surface area contributed by atoms with Crippen LogP contribution in [0, 0.1) is 0 Å². The molecule has 2 nitrogen and oxygen atoms in total. The number of ketones is 2. The molecule has 0 saturated heterocycles. The summed E-state index contributed by atoms with van der Waals surface area (Å²) in [6, 6.07) is 30.6. The van der Waals surface area contributed by atoms with Crippen LogP contribution in [0.5, 0.6) is 0 Å². The van der Waals surface area contributed by atoms with Crippen molar-refractivity contribution in [1.29, 1.82) is 0 Å². The maximum Gasteiger partial charge on any atom is 0.193 e. The summed E-state index contributed by atoms with van der Waals surface area (Å²) >= 11 is 13.1. The van der Waals surface area contributed by atoms with Crippen molar-refractivity contribution in [3.63, 3.8) is 0 Å². The van der Waals surface area contributed by atoms with Gasteiger partial charge in [0.05, 0.1) is 0 Å². The summed E-state index contributed by atoms with van der Waals surface area (Å²) in [7, 11) is 0. The van der Waals surface area contributed by atoms with Gasteiger partial charge in [0, 0.05) is 41.5 Å². The molecule has 0 radical (unpaired) electrons. The molecule has 0 heterocycles. The molecule has 0 atom stereocenters. The highest BCUT2D eigenvalue weighted by atomic mass is 79.9. The molecule has 0 aliphatic rings. The highest BCUT2D eigenvalue weighted by Gasteiger charge is 2.10. The largest absolute Gasteiger partial charge is 0.289 e. The van der Waals surface area contributed by atoms with E-state index >= 15 is 0 Å². The Hall–Kier alpha value is -2.31. The lowest BCUT2D eigenvalue weighted by Crippen LogP contribution is -2.00. The minimum Gasteiger partial charge on any atom is -0.289 e. The van der Waals surface area contributed by atoms with Crippen molar-refractivity contribution in [3.05, 3.63) is 129 Å². The van der Waals surface area contributed by atoms with Crippen LogP contribution in [-0.4, -0.2) is 23.1 Å². The molecule has 0 bridgehead atoms. The third kappa shape index (κ3) is 18.1. The second kappa shape index (κ2) is 27.3. The number of benzene rings is 4. The minimum atomic E-state index is 0.0444. The number of hydrogen-bond donors (Lipinski definition) is 0. The van der Waals surface area contributed by atoms with E-state index in [1.165, 1.54) is 113 Å². The molecule has 0 amide bonds. The van der Waals surface area contributed by atoms with Crippen LogP contribution < -0.4 is 0 Å². The molecule has 0 spiro atoms. The van der Waals surface area contributed by atoms with Crippen molar-refractivity contribution in [2.45, 2.75) is 126 Å². The quantitative estimate of drug-likeness (QED) is 0.0401. The fraction of sp³-hybridized carbons (Fsp3) is 0.435. The average molecular weight is 822 g/mol. The Morgan fingerprint density at radius 1 is 0.442 bits per heavy atom. The molecule has 0 aromatic heterocycles. The van der Waals surface area contributed by atoms with Gasteiger partial charge < -0.3 is 0 Å². The van der Waals surface area contributed by atoms with Crippen LogP contribution in [0.15, 0.2) is 111 Å². The van der Waals surface area contributed by atoms with Gasteiger partial charge in [-0.25, -0.2) is 0 Å². The van der Waals surface area contributed by atoms with Crippen molar-refractivity contribution in [3.8, 4) is 0 Å². The smallest absolute Gasteiger partial charge is 0.193 e. The van der Waals surface area contributed by atoms with Gasteiger partial charge in [-0.15, -0.1) is 23.5 Å². The van der Waals surface area contributed by atoms with Gasteiger partial charge in [0.1, 0.15) is 0 Å². The van der Waals surface area contributed by atoms with Crippen molar-refractivity contribution in [2.24, 2.45) is 0 Å². The molecule has 4 aromatic rings. The Labute approximate surface area is 336 Å². The number of thioether (sulfide) groups is 2. The summed E-state index contributed by atoms with van der Waals surface area (Å²) in [4.78, 5) is 27.4. The Morgan fingerprint density at radius 2 is 0.731 bits per heavy atom. The zero-order valence-electron chi connectivity index (χ0n) is 31.4. The molecule has 0 N–H and O–H groups in total. The van der Waals surface area contributed by atoms with Crippen LogP contribution in [0.1, 0.15) is 148 Å². The normalized spacial score (nSPS) is 10.8.